The number of carbonyl (C=O) groups is 12. The second kappa shape index (κ2) is 32.9. The van der Waals surface area contributed by atoms with Crippen LogP contribution >= 0.6 is 7.82 Å². The van der Waals surface area contributed by atoms with Crippen molar-refractivity contribution in [1.82, 2.24) is 57.0 Å². The number of likely N-dealkylation sites (tertiary alicyclic amines) is 2. The molecule has 3 rings (SSSR count). The number of aromatic amines is 1. The first-order valence-electron chi connectivity index (χ1n) is 26.4. The standard InChI is InChI=1S/C47H77N14O19P/c1-24(38(66)58-32(47(75)76)21-36(64)65)54-41(69)31(14-15-35(62)63)56-42(70)29(10-4-6-16-48)55-43(71)30(11-5-7-17-49)57-44(72)33-12-8-18-60(33)45(73)34-13-9-19-61(34)46(74)37(26(3)80-81(77,78)79)59-39(67)25(2)53-40(68)28(50)20-27-22-51-23-52-27/h22-26,28-34,37H,4-21,48-50H2,1-3H3,(H,51,52)(H,53,68)(H,54,69)(H,55,71)(H,56,70)(H,57,72)(H,58,66)(H,59,67)(H,62,63)(H,64,65)(H,75,76)(H2,77,78,79)/t24-,25-,26+,28-,29-,30-,31-,32-,33-,34-,37-/m0/s1. The molecule has 0 radical (unpaired) electrons. The Labute approximate surface area is 465 Å². The molecule has 2 saturated heterocycles. The number of carboxylic acid groups (broad SMARTS) is 3. The number of hydrogen-bond acceptors (Lipinski definition) is 18. The highest BCUT2D eigenvalue weighted by molar-refractivity contribution is 7.46. The average molecular weight is 1170 g/mol. The van der Waals surface area contributed by atoms with E-state index in [2.05, 4.69) is 41.9 Å². The molecular formula is C47H77N14O19P. The number of rotatable bonds is 35. The highest BCUT2D eigenvalue weighted by atomic mass is 31.2. The molecule has 34 heteroatoms. The molecule has 0 bridgehead atoms. The Morgan fingerprint density at radius 2 is 1.17 bits per heavy atom. The van der Waals surface area contributed by atoms with Gasteiger partial charge in [-0.05, 0) is 104 Å². The fourth-order valence-electron chi connectivity index (χ4n) is 8.93. The highest BCUT2D eigenvalue weighted by Gasteiger charge is 2.46. The number of nitrogens with two attached hydrogens (primary N) is 3. The van der Waals surface area contributed by atoms with Crippen LogP contribution in [0, 0.1) is 0 Å². The lowest BCUT2D eigenvalue weighted by atomic mass is 10.0. The third-order valence-corrected chi connectivity index (χ3v) is 13.9. The molecule has 1 aromatic rings. The lowest BCUT2D eigenvalue weighted by Gasteiger charge is -2.34. The molecule has 0 aliphatic carbocycles. The van der Waals surface area contributed by atoms with E-state index in [0.717, 1.165) is 18.7 Å². The number of carboxylic acids is 3. The fourth-order valence-corrected chi connectivity index (χ4v) is 9.49. The summed E-state index contributed by atoms with van der Waals surface area (Å²) in [7, 11) is -5.29. The first-order chi connectivity index (χ1) is 38.1. The first kappa shape index (κ1) is 68.1. The van der Waals surface area contributed by atoms with Crippen molar-refractivity contribution in [2.45, 2.75) is 177 Å². The summed E-state index contributed by atoms with van der Waals surface area (Å²) in [6.07, 6.45) is 0.829. The molecule has 0 unspecified atom stereocenters. The van der Waals surface area contributed by atoms with Crippen LogP contribution in [0.3, 0.4) is 0 Å². The van der Waals surface area contributed by atoms with E-state index in [9.17, 15) is 82.1 Å². The highest BCUT2D eigenvalue weighted by Crippen LogP contribution is 2.38. The molecule has 2 aliphatic heterocycles. The number of unbranched alkanes of at least 4 members (excludes halogenated alkanes) is 2. The van der Waals surface area contributed by atoms with Crippen molar-refractivity contribution in [2.75, 3.05) is 26.2 Å². The van der Waals surface area contributed by atoms with E-state index in [1.807, 2.05) is 5.32 Å². The van der Waals surface area contributed by atoms with Crippen molar-refractivity contribution in [1.29, 1.82) is 0 Å². The number of nitrogens with zero attached hydrogens (tertiary/aromatic N) is 3. The number of nitrogens with one attached hydrogen (secondary N) is 8. The lowest BCUT2D eigenvalue weighted by Crippen LogP contribution is -2.61. The first-order valence-corrected chi connectivity index (χ1v) is 27.9. The van der Waals surface area contributed by atoms with E-state index in [1.165, 1.54) is 24.3 Å². The topological polar surface area (TPSA) is 530 Å². The number of carbonyl (C=O) groups excluding carboxylic acids is 9. The summed E-state index contributed by atoms with van der Waals surface area (Å²) in [4.78, 5) is 187. The Kier molecular flexibility index (Phi) is 27.7. The summed E-state index contributed by atoms with van der Waals surface area (Å²) in [6, 6.07) is -14.6. The monoisotopic (exact) mass is 1170 g/mol. The summed E-state index contributed by atoms with van der Waals surface area (Å²) < 4.78 is 16.8. The summed E-state index contributed by atoms with van der Waals surface area (Å²) in [6.45, 7) is 3.83. The molecular weight excluding hydrogens is 1100 g/mol. The van der Waals surface area contributed by atoms with Crippen LogP contribution in [-0.4, -0.2) is 209 Å². The Morgan fingerprint density at radius 3 is 1.69 bits per heavy atom. The Balaban J connectivity index is 1.83. The molecule has 0 aromatic carbocycles. The molecule has 33 nitrogen and oxygen atoms in total. The number of hydrogen-bond donors (Lipinski definition) is 16. The van der Waals surface area contributed by atoms with Crippen molar-refractivity contribution in [2.24, 2.45) is 17.2 Å². The van der Waals surface area contributed by atoms with Gasteiger partial charge in [0, 0.05) is 37.8 Å². The molecule has 3 heterocycles. The van der Waals surface area contributed by atoms with Gasteiger partial charge in [-0.15, -0.1) is 0 Å². The van der Waals surface area contributed by atoms with Crippen LogP contribution in [0.4, 0.5) is 0 Å². The number of amides is 9. The molecule has 2 aliphatic rings. The number of aliphatic carboxylic acids is 3. The van der Waals surface area contributed by atoms with E-state index in [0.29, 0.717) is 25.0 Å². The van der Waals surface area contributed by atoms with Gasteiger partial charge in [0.05, 0.1) is 24.9 Å². The molecule has 19 N–H and O–H groups in total. The maximum atomic E-state index is 14.5. The quantitative estimate of drug-likeness (QED) is 0.0223. The fraction of sp³-hybridized carbons (Fsp3) is 0.681. The minimum atomic E-state index is -5.29. The summed E-state index contributed by atoms with van der Waals surface area (Å²) in [5.74, 6) is -12.9. The molecule has 1 aromatic heterocycles. The van der Waals surface area contributed by atoms with Crippen molar-refractivity contribution in [3.8, 4) is 0 Å². The zero-order valence-electron chi connectivity index (χ0n) is 45.2. The minimum Gasteiger partial charge on any atom is -0.481 e. The van der Waals surface area contributed by atoms with Gasteiger partial charge >= 0.3 is 25.7 Å². The van der Waals surface area contributed by atoms with Gasteiger partial charge in [-0.25, -0.2) is 14.3 Å². The summed E-state index contributed by atoms with van der Waals surface area (Å²) in [5.41, 5.74) is 18.0. The number of imidazole rings is 1. The minimum absolute atomic E-state index is 0.0220. The summed E-state index contributed by atoms with van der Waals surface area (Å²) in [5, 5.41) is 44.5. The van der Waals surface area contributed by atoms with Gasteiger partial charge in [0.2, 0.25) is 53.2 Å². The van der Waals surface area contributed by atoms with E-state index >= 15 is 0 Å². The zero-order valence-corrected chi connectivity index (χ0v) is 46.1. The van der Waals surface area contributed by atoms with Crippen LogP contribution in [0.1, 0.15) is 110 Å². The van der Waals surface area contributed by atoms with Gasteiger partial charge in [0.15, 0.2) is 0 Å². The Bertz CT molecular complexity index is 2430. The molecule has 81 heavy (non-hydrogen) atoms. The van der Waals surface area contributed by atoms with Crippen LogP contribution in [0.15, 0.2) is 12.5 Å². The summed E-state index contributed by atoms with van der Waals surface area (Å²) >= 11 is 0. The van der Waals surface area contributed by atoms with Crippen LogP contribution in [0.25, 0.3) is 0 Å². The number of H-pyrrole nitrogens is 1. The molecule has 0 saturated carbocycles. The van der Waals surface area contributed by atoms with E-state index < -0.39 is 165 Å². The van der Waals surface area contributed by atoms with Gasteiger partial charge in [0.1, 0.15) is 54.4 Å². The Morgan fingerprint density at radius 1 is 0.667 bits per heavy atom. The van der Waals surface area contributed by atoms with E-state index in [4.69, 9.17) is 26.8 Å². The largest absolute Gasteiger partial charge is 0.481 e. The van der Waals surface area contributed by atoms with Crippen molar-refractivity contribution >= 4 is 78.9 Å². The second-order valence-corrected chi connectivity index (χ2v) is 20.9. The van der Waals surface area contributed by atoms with Crippen LogP contribution in [0.5, 0.6) is 0 Å². The second-order valence-electron chi connectivity index (χ2n) is 19.7. The van der Waals surface area contributed by atoms with Crippen LogP contribution in [-0.2, 0) is 73.0 Å². The van der Waals surface area contributed by atoms with Crippen LogP contribution in [0.2, 0.25) is 0 Å². The van der Waals surface area contributed by atoms with E-state index in [-0.39, 0.29) is 77.5 Å². The molecule has 0 spiro atoms. The lowest BCUT2D eigenvalue weighted by molar-refractivity contribution is -0.149. The van der Waals surface area contributed by atoms with Crippen molar-refractivity contribution < 1.29 is 91.7 Å². The number of phosphoric ester groups is 1. The normalized spacial score (nSPS) is 18.5. The van der Waals surface area contributed by atoms with Crippen molar-refractivity contribution in [3.63, 3.8) is 0 Å². The maximum absolute atomic E-state index is 14.5. The van der Waals surface area contributed by atoms with Crippen LogP contribution < -0.4 is 54.4 Å². The zero-order chi connectivity index (χ0) is 60.7. The van der Waals surface area contributed by atoms with E-state index in [1.54, 1.807) is 0 Å². The number of aromatic nitrogens is 2. The predicted octanol–water partition coefficient (Wildman–Crippen LogP) is -5.13. The third-order valence-electron chi connectivity index (χ3n) is 13.3. The molecule has 454 valence electrons. The SMILES string of the molecule is C[C@H](NC(=O)[C@H](CCC(=O)O)NC(=O)[C@H](CCCCN)NC(=O)[C@H](CCCCN)NC(=O)[C@@H]1CCCN1C(=O)[C@@H]1CCCN1C(=O)[C@@H](NC(=O)[C@H](C)NC(=O)[C@@H](N)Cc1cnc[nH]1)[C@@H](C)OP(=O)(O)O)C(=O)N[C@@H](CC(=O)O)C(=O)O. The Hall–Kier alpha value is -7.16. The van der Waals surface area contributed by atoms with Gasteiger partial charge in [-0.2, -0.15) is 0 Å². The smallest absolute Gasteiger partial charge is 0.469 e. The molecule has 9 amide bonds. The predicted molar refractivity (Wildman–Crippen MR) is 280 cm³/mol. The van der Waals surface area contributed by atoms with Crippen molar-refractivity contribution in [3.05, 3.63) is 18.2 Å². The molecule has 2 fully saturated rings. The van der Waals surface area contributed by atoms with Gasteiger partial charge in [-0.1, -0.05) is 0 Å². The maximum Gasteiger partial charge on any atom is 0.469 e. The number of phosphoric acid groups is 1. The van der Waals surface area contributed by atoms with Gasteiger partial charge in [-0.3, -0.25) is 57.3 Å². The molecule has 11 atom stereocenters. The third kappa shape index (κ3) is 22.4. The van der Waals surface area contributed by atoms with Gasteiger partial charge in [0.25, 0.3) is 0 Å². The average Bonchev–Trinajstić information content (AvgIpc) is 4.21. The van der Waals surface area contributed by atoms with Gasteiger partial charge < -0.3 is 94.3 Å².